The van der Waals surface area contributed by atoms with Crippen LogP contribution < -0.4 is 10.1 Å². The summed E-state index contributed by atoms with van der Waals surface area (Å²) in [5.74, 6) is -1.16. The molecule has 1 aromatic rings. The smallest absolute Gasteiger partial charge is 0.306 e. The number of hydrogen-bond donors (Lipinski definition) is 2. The van der Waals surface area contributed by atoms with Gasteiger partial charge in [-0.05, 0) is 96.8 Å². The Morgan fingerprint density at radius 1 is 1.07 bits per heavy atom. The van der Waals surface area contributed by atoms with Crippen LogP contribution in [-0.4, -0.2) is 57.8 Å². The molecule has 0 aromatic heterocycles. The lowest BCUT2D eigenvalue weighted by Gasteiger charge is -2.42. The van der Waals surface area contributed by atoms with Gasteiger partial charge in [0.1, 0.15) is 5.75 Å². The second kappa shape index (κ2) is 17.4. The minimum Gasteiger partial charge on any atom is -0.491 e. The molecule has 254 valence electrons. The number of rotatable bonds is 19. The fourth-order valence-electron chi connectivity index (χ4n) is 5.63. The van der Waals surface area contributed by atoms with E-state index in [9.17, 15) is 20.2 Å². The van der Waals surface area contributed by atoms with Crippen LogP contribution in [0.2, 0.25) is 18.1 Å². The summed E-state index contributed by atoms with van der Waals surface area (Å²) < 4.78 is 18.1. The second-order valence-electron chi connectivity index (χ2n) is 14.8. The first-order chi connectivity index (χ1) is 21.0. The van der Waals surface area contributed by atoms with Gasteiger partial charge in [-0.2, -0.15) is 0 Å². The van der Waals surface area contributed by atoms with Gasteiger partial charge >= 0.3 is 5.97 Å². The van der Waals surface area contributed by atoms with Crippen LogP contribution in [0.15, 0.2) is 17.2 Å². The number of amides is 1. The lowest BCUT2D eigenvalue weighted by molar-refractivity contribution is -0.144. The summed E-state index contributed by atoms with van der Waals surface area (Å²) in [6.07, 6.45) is 4.09. The number of aryl methyl sites for hydroxylation is 2. The second-order valence-corrected chi connectivity index (χ2v) is 19.5. The summed E-state index contributed by atoms with van der Waals surface area (Å²) in [5, 5.41) is 17.2. The van der Waals surface area contributed by atoms with Gasteiger partial charge in [-0.3, -0.25) is 9.59 Å². The van der Waals surface area contributed by atoms with Crippen LogP contribution in [0.1, 0.15) is 91.7 Å². The number of anilines is 1. The van der Waals surface area contributed by atoms with Crippen LogP contribution in [-0.2, 0) is 31.6 Å². The van der Waals surface area contributed by atoms with Gasteiger partial charge in [0.15, 0.2) is 8.32 Å². The molecule has 2 rings (SSSR count). The molecule has 0 unspecified atom stereocenters. The third-order valence-corrected chi connectivity index (χ3v) is 14.1. The maximum absolute atomic E-state index is 13.6. The van der Waals surface area contributed by atoms with Crippen LogP contribution in [0.4, 0.5) is 5.69 Å². The molecule has 0 bridgehead atoms. The third-order valence-electron chi connectivity index (χ3n) is 9.64. The molecule has 0 saturated carbocycles. The molecule has 4 atom stereocenters. The fourth-order valence-corrected chi connectivity index (χ4v) is 7.00. The number of aliphatic carboxylic acids is 1. The van der Waals surface area contributed by atoms with Crippen molar-refractivity contribution >= 4 is 25.9 Å². The SMILES string of the molecule is COCCCOc1cc2c(cc1NC(=O)C[C@@H](C[C@H](N=[N+]=[N-])[C@H](C[C@H](C(=O)O)C(C)C)O[Si](C)(C)C(C)(C)C)C(C)C)CCC2. The van der Waals surface area contributed by atoms with E-state index < -0.39 is 32.4 Å². The molecular formula is C34H58N4O6Si. The summed E-state index contributed by atoms with van der Waals surface area (Å²) >= 11 is 0. The largest absolute Gasteiger partial charge is 0.491 e. The average Bonchev–Trinajstić information content (AvgIpc) is 3.38. The average molecular weight is 647 g/mol. The standard InChI is InChI=1S/C34H58N4O6Si/c1-22(2)26(20-32(39)36-28-17-24-13-11-14-25(24)19-30(28)43-16-12-15-42-8)18-29(37-38-35)31(21-27(23(3)4)33(40)41)44-45(9,10)34(5,6)7/h17,19,22-23,26-27,29,31H,11-16,18,20-21H2,1-10H3,(H,36,39)(H,40,41)/t26-,27+,29+,31+/m1/s1. The van der Waals surface area contributed by atoms with E-state index in [1.165, 1.54) is 11.1 Å². The Morgan fingerprint density at radius 2 is 1.71 bits per heavy atom. The van der Waals surface area contributed by atoms with Crippen molar-refractivity contribution in [2.75, 3.05) is 25.6 Å². The topological polar surface area (TPSA) is 143 Å². The number of carboxylic acid groups (broad SMARTS) is 1. The highest BCUT2D eigenvalue weighted by Crippen LogP contribution is 2.40. The minimum absolute atomic E-state index is 0.103. The summed E-state index contributed by atoms with van der Waals surface area (Å²) in [4.78, 5) is 29.0. The molecule has 10 nitrogen and oxygen atoms in total. The Labute approximate surface area is 271 Å². The number of carbonyl (C=O) groups is 2. The number of nitrogens with zero attached hydrogens (tertiary/aromatic N) is 3. The minimum atomic E-state index is -2.37. The van der Waals surface area contributed by atoms with Gasteiger partial charge in [-0.15, -0.1) is 0 Å². The molecule has 2 N–H and O–H groups in total. The molecule has 1 amide bonds. The van der Waals surface area contributed by atoms with Crippen molar-refractivity contribution in [3.63, 3.8) is 0 Å². The molecule has 11 heteroatoms. The van der Waals surface area contributed by atoms with Crippen molar-refractivity contribution in [2.45, 2.75) is 124 Å². The monoisotopic (exact) mass is 646 g/mol. The molecular weight excluding hydrogens is 588 g/mol. The van der Waals surface area contributed by atoms with Crippen LogP contribution >= 0.6 is 0 Å². The van der Waals surface area contributed by atoms with E-state index >= 15 is 0 Å². The Morgan fingerprint density at radius 3 is 2.24 bits per heavy atom. The van der Waals surface area contributed by atoms with E-state index in [0.717, 1.165) is 25.7 Å². The highest BCUT2D eigenvalue weighted by molar-refractivity contribution is 6.74. The number of carboxylic acids is 1. The van der Waals surface area contributed by atoms with Crippen LogP contribution in [0, 0.1) is 23.7 Å². The Bertz CT molecular complexity index is 1180. The number of nitrogens with one attached hydrogen (secondary N) is 1. The molecule has 1 aliphatic carbocycles. The summed E-state index contributed by atoms with van der Waals surface area (Å²) in [5.41, 5.74) is 12.8. The normalized spacial score (nSPS) is 16.1. The Balaban J connectivity index is 2.33. The van der Waals surface area contributed by atoms with Crippen molar-refractivity contribution in [2.24, 2.45) is 28.8 Å². The number of methoxy groups -OCH3 is 1. The van der Waals surface area contributed by atoms with Crippen molar-refractivity contribution in [3.05, 3.63) is 33.7 Å². The van der Waals surface area contributed by atoms with Gasteiger partial charge in [0.05, 0.1) is 30.4 Å². The number of ether oxygens (including phenoxy) is 2. The van der Waals surface area contributed by atoms with Gasteiger partial charge in [0, 0.05) is 31.5 Å². The zero-order valence-electron chi connectivity index (χ0n) is 29.3. The molecule has 0 saturated heterocycles. The lowest BCUT2D eigenvalue weighted by atomic mass is 9.82. The molecule has 0 radical (unpaired) electrons. The Kier molecular flexibility index (Phi) is 14.9. The van der Waals surface area contributed by atoms with Gasteiger partial charge in [0.2, 0.25) is 5.91 Å². The molecule has 0 heterocycles. The van der Waals surface area contributed by atoms with E-state index in [0.29, 0.717) is 31.1 Å². The summed E-state index contributed by atoms with van der Waals surface area (Å²) in [6, 6.07) is 3.48. The summed E-state index contributed by atoms with van der Waals surface area (Å²) in [7, 11) is -0.704. The zero-order chi connectivity index (χ0) is 33.9. The predicted molar refractivity (Wildman–Crippen MR) is 182 cm³/mol. The van der Waals surface area contributed by atoms with E-state index in [-0.39, 0.29) is 41.5 Å². The van der Waals surface area contributed by atoms with Gasteiger partial charge in [0.25, 0.3) is 0 Å². The maximum atomic E-state index is 13.6. The quantitative estimate of drug-likeness (QED) is 0.0508. The zero-order valence-corrected chi connectivity index (χ0v) is 30.3. The first kappa shape index (κ1) is 38.6. The number of benzene rings is 1. The highest BCUT2D eigenvalue weighted by Gasteiger charge is 2.42. The number of azide groups is 1. The van der Waals surface area contributed by atoms with Crippen LogP contribution in [0.25, 0.3) is 10.4 Å². The third kappa shape index (κ3) is 11.6. The van der Waals surface area contributed by atoms with Gasteiger partial charge in [-0.25, -0.2) is 0 Å². The van der Waals surface area contributed by atoms with Crippen LogP contribution in [0.5, 0.6) is 5.75 Å². The first-order valence-electron chi connectivity index (χ1n) is 16.5. The molecule has 0 spiro atoms. The van der Waals surface area contributed by atoms with E-state index in [2.05, 4.69) is 69.1 Å². The van der Waals surface area contributed by atoms with Gasteiger partial charge < -0.3 is 24.3 Å². The van der Waals surface area contributed by atoms with E-state index in [1.807, 2.05) is 19.9 Å². The van der Waals surface area contributed by atoms with Gasteiger partial charge in [-0.1, -0.05) is 53.6 Å². The number of fused-ring (bicyclic) bond motifs is 1. The fraction of sp³-hybridized carbons (Fsp3) is 0.765. The van der Waals surface area contributed by atoms with Crippen molar-refractivity contribution in [1.29, 1.82) is 0 Å². The lowest BCUT2D eigenvalue weighted by Crippen LogP contribution is -2.48. The van der Waals surface area contributed by atoms with E-state index in [1.54, 1.807) is 7.11 Å². The molecule has 1 aliphatic rings. The van der Waals surface area contributed by atoms with E-state index in [4.69, 9.17) is 13.9 Å². The van der Waals surface area contributed by atoms with Crippen LogP contribution in [0.3, 0.4) is 0 Å². The summed E-state index contributed by atoms with van der Waals surface area (Å²) in [6.45, 7) is 19.6. The Hall–Kier alpha value is -2.59. The molecule has 45 heavy (non-hydrogen) atoms. The predicted octanol–water partition coefficient (Wildman–Crippen LogP) is 8.40. The molecule has 0 fully saturated rings. The van der Waals surface area contributed by atoms with Crippen molar-refractivity contribution in [3.8, 4) is 5.75 Å². The first-order valence-corrected chi connectivity index (χ1v) is 19.4. The highest BCUT2D eigenvalue weighted by atomic mass is 28.4. The maximum Gasteiger partial charge on any atom is 0.306 e. The number of hydrogen-bond acceptors (Lipinski definition) is 6. The number of carbonyl (C=O) groups excluding carboxylic acids is 1. The van der Waals surface area contributed by atoms with Crippen molar-refractivity contribution < 1.29 is 28.6 Å². The van der Waals surface area contributed by atoms with Crippen molar-refractivity contribution in [1.82, 2.24) is 0 Å². The molecule has 0 aliphatic heterocycles. The molecule has 1 aromatic carbocycles.